The summed E-state index contributed by atoms with van der Waals surface area (Å²) in [6.07, 6.45) is 11.3. The van der Waals surface area contributed by atoms with Gasteiger partial charge in [0.25, 0.3) is 0 Å². The molecule has 0 fully saturated rings. The van der Waals surface area contributed by atoms with Crippen molar-refractivity contribution in [2.75, 3.05) is 86.6 Å². The highest BCUT2D eigenvalue weighted by molar-refractivity contribution is 4.70. The fraction of sp³-hybridized carbons (Fsp3) is 1.00. The van der Waals surface area contributed by atoms with E-state index >= 15 is 0 Å². The van der Waals surface area contributed by atoms with Gasteiger partial charge in [-0.05, 0) is 34.1 Å². The van der Waals surface area contributed by atoms with Gasteiger partial charge in [0.1, 0.15) is 0 Å². The molecule has 0 amide bonds. The number of nitrogens with two attached hydrogens (primary N) is 1. The van der Waals surface area contributed by atoms with Crippen LogP contribution in [0.15, 0.2) is 0 Å². The molecule has 0 aromatic heterocycles. The Morgan fingerprint density at radius 2 is 1.23 bits per heavy atom. The molecule has 3 N–H and O–H groups in total. The van der Waals surface area contributed by atoms with Gasteiger partial charge in [-0.2, -0.15) is 0 Å². The van der Waals surface area contributed by atoms with E-state index in [2.05, 4.69) is 54.6 Å². The molecule has 0 saturated carbocycles. The maximum atomic E-state index is 10.7. The summed E-state index contributed by atoms with van der Waals surface area (Å²) in [5, 5.41) is 10.7. The third-order valence-corrected chi connectivity index (χ3v) is 6.24. The van der Waals surface area contributed by atoms with Gasteiger partial charge in [-0.15, -0.1) is 0 Å². The van der Waals surface area contributed by atoms with Crippen molar-refractivity contribution in [3.63, 3.8) is 0 Å². The first-order valence-electron chi connectivity index (χ1n) is 13.1. The summed E-state index contributed by atoms with van der Waals surface area (Å²) in [4.78, 5) is 9.49. The van der Waals surface area contributed by atoms with Gasteiger partial charge < -0.3 is 20.6 Å². The fourth-order valence-electron chi connectivity index (χ4n) is 3.81. The number of hydrogen-bond acceptors (Lipinski definition) is 6. The van der Waals surface area contributed by atoms with Gasteiger partial charge in [0, 0.05) is 58.9 Å². The number of aliphatic hydroxyl groups is 1. The van der Waals surface area contributed by atoms with E-state index in [0.717, 1.165) is 71.7 Å². The highest BCUT2D eigenvalue weighted by atomic mass is 16.3. The summed E-state index contributed by atoms with van der Waals surface area (Å²) in [5.74, 6) is 0. The SMILES string of the molecule is CCCCCCCCCCC(O)CN(CCN(C)CC)CCN(CCN)CCN(C)C. The number of hydrogen-bond donors (Lipinski definition) is 2. The Hall–Kier alpha value is -0.240. The molecule has 31 heavy (non-hydrogen) atoms. The zero-order valence-electron chi connectivity index (χ0n) is 21.8. The van der Waals surface area contributed by atoms with E-state index in [1.807, 2.05) is 0 Å². The average Bonchev–Trinajstić information content (AvgIpc) is 2.74. The number of aliphatic hydroxyl groups excluding tert-OH is 1. The van der Waals surface area contributed by atoms with Gasteiger partial charge in [0.05, 0.1) is 6.10 Å². The third kappa shape index (κ3) is 20.1. The van der Waals surface area contributed by atoms with Crippen LogP contribution in [0.4, 0.5) is 0 Å². The molecular formula is C25H57N5O. The van der Waals surface area contributed by atoms with Crippen molar-refractivity contribution in [2.24, 2.45) is 5.73 Å². The first-order valence-corrected chi connectivity index (χ1v) is 13.1. The van der Waals surface area contributed by atoms with Gasteiger partial charge in [0.2, 0.25) is 0 Å². The minimum absolute atomic E-state index is 0.211. The van der Waals surface area contributed by atoms with E-state index in [1.165, 1.54) is 44.9 Å². The third-order valence-electron chi connectivity index (χ3n) is 6.24. The summed E-state index contributed by atoms with van der Waals surface area (Å²) < 4.78 is 0. The summed E-state index contributed by atoms with van der Waals surface area (Å²) in [6, 6.07) is 0. The average molecular weight is 444 g/mol. The van der Waals surface area contributed by atoms with Crippen LogP contribution in [0, 0.1) is 0 Å². The normalized spacial score (nSPS) is 13.3. The molecule has 1 unspecified atom stereocenters. The molecule has 0 heterocycles. The molecule has 0 spiro atoms. The Labute approximate surface area is 195 Å². The Balaban J connectivity index is 4.34. The van der Waals surface area contributed by atoms with E-state index in [-0.39, 0.29) is 6.10 Å². The minimum Gasteiger partial charge on any atom is -0.392 e. The molecule has 0 radical (unpaired) electrons. The Morgan fingerprint density at radius 1 is 0.677 bits per heavy atom. The number of nitrogens with zero attached hydrogens (tertiary/aromatic N) is 4. The number of likely N-dealkylation sites (N-methyl/N-ethyl adjacent to an activating group) is 2. The minimum atomic E-state index is -0.211. The van der Waals surface area contributed by atoms with Gasteiger partial charge in [-0.1, -0.05) is 65.2 Å². The van der Waals surface area contributed by atoms with Crippen molar-refractivity contribution in [3.05, 3.63) is 0 Å². The standard InChI is InChI=1S/C25H57N5O/c1-6-8-9-10-11-12-13-14-15-25(31)24-30(21-19-28(5)7-2)23-22-29(17-16-26)20-18-27(3)4/h25,31H,6-24,26H2,1-5H3. The summed E-state index contributed by atoms with van der Waals surface area (Å²) >= 11 is 0. The molecule has 6 nitrogen and oxygen atoms in total. The van der Waals surface area contributed by atoms with Crippen molar-refractivity contribution >= 4 is 0 Å². The van der Waals surface area contributed by atoms with Crippen LogP contribution in [0.1, 0.15) is 71.6 Å². The monoisotopic (exact) mass is 443 g/mol. The lowest BCUT2D eigenvalue weighted by Crippen LogP contribution is -2.44. The molecule has 0 aromatic carbocycles. The topological polar surface area (TPSA) is 59.2 Å². The highest BCUT2D eigenvalue weighted by Crippen LogP contribution is 2.11. The largest absolute Gasteiger partial charge is 0.392 e. The maximum absolute atomic E-state index is 10.7. The summed E-state index contributed by atoms with van der Waals surface area (Å²) in [7, 11) is 6.41. The second-order valence-corrected chi connectivity index (χ2v) is 9.55. The van der Waals surface area contributed by atoms with Crippen LogP contribution < -0.4 is 5.73 Å². The molecule has 1 atom stereocenters. The van der Waals surface area contributed by atoms with E-state index < -0.39 is 0 Å². The van der Waals surface area contributed by atoms with Crippen LogP contribution in [0.5, 0.6) is 0 Å². The smallest absolute Gasteiger partial charge is 0.0667 e. The fourth-order valence-corrected chi connectivity index (χ4v) is 3.81. The molecule has 0 bridgehead atoms. The molecular weight excluding hydrogens is 386 g/mol. The second kappa shape index (κ2) is 21.6. The highest BCUT2D eigenvalue weighted by Gasteiger charge is 2.14. The Bertz CT molecular complexity index is 370. The van der Waals surface area contributed by atoms with Crippen LogP contribution in [0.3, 0.4) is 0 Å². The van der Waals surface area contributed by atoms with Gasteiger partial charge in [0.15, 0.2) is 0 Å². The van der Waals surface area contributed by atoms with E-state index in [1.54, 1.807) is 0 Å². The van der Waals surface area contributed by atoms with Crippen LogP contribution in [0.25, 0.3) is 0 Å². The molecule has 0 aliphatic heterocycles. The Kier molecular flexibility index (Phi) is 21.4. The first-order chi connectivity index (χ1) is 14.9. The van der Waals surface area contributed by atoms with Crippen LogP contribution in [0.2, 0.25) is 0 Å². The molecule has 0 aliphatic carbocycles. The first kappa shape index (κ1) is 30.8. The van der Waals surface area contributed by atoms with E-state index in [0.29, 0.717) is 6.54 Å². The lowest BCUT2D eigenvalue weighted by atomic mass is 10.1. The number of rotatable bonds is 23. The van der Waals surface area contributed by atoms with Crippen molar-refractivity contribution in [3.8, 4) is 0 Å². The Morgan fingerprint density at radius 3 is 1.81 bits per heavy atom. The van der Waals surface area contributed by atoms with Crippen LogP contribution >= 0.6 is 0 Å². The lowest BCUT2D eigenvalue weighted by molar-refractivity contribution is 0.0898. The predicted molar refractivity (Wildman–Crippen MR) is 137 cm³/mol. The van der Waals surface area contributed by atoms with Crippen LogP contribution in [-0.4, -0.2) is 117 Å². The summed E-state index contributed by atoms with van der Waals surface area (Å²) in [5.41, 5.74) is 5.84. The van der Waals surface area contributed by atoms with Crippen molar-refractivity contribution < 1.29 is 5.11 Å². The molecule has 0 saturated heterocycles. The van der Waals surface area contributed by atoms with Gasteiger partial charge in [-0.25, -0.2) is 0 Å². The molecule has 0 aliphatic rings. The quantitative estimate of drug-likeness (QED) is 0.237. The maximum Gasteiger partial charge on any atom is 0.0667 e. The lowest BCUT2D eigenvalue weighted by Gasteiger charge is -2.30. The van der Waals surface area contributed by atoms with Crippen molar-refractivity contribution in [2.45, 2.75) is 77.7 Å². The zero-order chi connectivity index (χ0) is 23.3. The van der Waals surface area contributed by atoms with Crippen LogP contribution in [-0.2, 0) is 0 Å². The molecule has 0 aromatic rings. The number of unbranched alkanes of at least 4 members (excludes halogenated alkanes) is 7. The zero-order valence-corrected chi connectivity index (χ0v) is 21.8. The van der Waals surface area contributed by atoms with E-state index in [9.17, 15) is 5.11 Å². The van der Waals surface area contributed by atoms with Crippen molar-refractivity contribution in [1.29, 1.82) is 0 Å². The summed E-state index contributed by atoms with van der Waals surface area (Å²) in [6.45, 7) is 14.2. The molecule has 0 rings (SSSR count). The van der Waals surface area contributed by atoms with Crippen molar-refractivity contribution in [1.82, 2.24) is 19.6 Å². The predicted octanol–water partition coefficient (Wildman–Crippen LogP) is 2.95. The molecule has 188 valence electrons. The van der Waals surface area contributed by atoms with Gasteiger partial charge in [-0.3, -0.25) is 9.80 Å². The molecule has 6 heteroatoms. The van der Waals surface area contributed by atoms with E-state index in [4.69, 9.17) is 5.73 Å². The van der Waals surface area contributed by atoms with Gasteiger partial charge >= 0.3 is 0 Å². The second-order valence-electron chi connectivity index (χ2n) is 9.55.